The van der Waals surface area contributed by atoms with Gasteiger partial charge in [-0.2, -0.15) is 0 Å². The lowest BCUT2D eigenvalue weighted by molar-refractivity contribution is 0.107. The van der Waals surface area contributed by atoms with Crippen LogP contribution in [0.15, 0.2) is 29.1 Å². The number of hydrogen-bond acceptors (Lipinski definition) is 7. The number of likely N-dealkylation sites (N-methyl/N-ethyl adjacent to an activating group) is 1. The van der Waals surface area contributed by atoms with Crippen molar-refractivity contribution in [2.75, 3.05) is 39.3 Å². The minimum absolute atomic E-state index is 0.0875. The van der Waals surface area contributed by atoms with E-state index in [1.54, 1.807) is 0 Å². The molecule has 2 aromatic heterocycles. The summed E-state index contributed by atoms with van der Waals surface area (Å²) >= 11 is 0. The summed E-state index contributed by atoms with van der Waals surface area (Å²) in [5.74, 6) is 1.57. The van der Waals surface area contributed by atoms with Crippen LogP contribution >= 0.6 is 0 Å². The molecule has 2 aliphatic rings. The van der Waals surface area contributed by atoms with Crippen LogP contribution in [-0.2, 0) is 0 Å². The summed E-state index contributed by atoms with van der Waals surface area (Å²) in [6.07, 6.45) is 4.56. The van der Waals surface area contributed by atoms with Gasteiger partial charge in [0, 0.05) is 42.6 Å². The van der Waals surface area contributed by atoms with Crippen molar-refractivity contribution < 1.29 is 4.74 Å². The zero-order chi connectivity index (χ0) is 22.8. The zero-order valence-corrected chi connectivity index (χ0v) is 19.5. The van der Waals surface area contributed by atoms with Gasteiger partial charge in [-0.3, -0.25) is 9.69 Å². The van der Waals surface area contributed by atoms with Crippen molar-refractivity contribution in [3.05, 3.63) is 46.0 Å². The van der Waals surface area contributed by atoms with Gasteiger partial charge in [0.1, 0.15) is 11.8 Å². The zero-order valence-electron chi connectivity index (χ0n) is 19.5. The first kappa shape index (κ1) is 22.0. The Morgan fingerprint density at radius 2 is 1.91 bits per heavy atom. The number of benzene rings is 1. The van der Waals surface area contributed by atoms with Crippen molar-refractivity contribution in [2.24, 2.45) is 0 Å². The highest BCUT2D eigenvalue weighted by Gasteiger charge is 2.34. The summed E-state index contributed by atoms with van der Waals surface area (Å²) in [5, 5.41) is 13.9. The molecule has 5 rings (SSSR count). The van der Waals surface area contributed by atoms with E-state index in [1.807, 2.05) is 35.9 Å². The number of fused-ring (bicyclic) bond motifs is 1. The molecule has 1 aliphatic carbocycles. The van der Waals surface area contributed by atoms with Crippen LogP contribution < -0.4 is 10.3 Å². The number of nitrogens with zero attached hydrogens (tertiary/aromatic N) is 6. The Bertz CT molecular complexity index is 1140. The third-order valence-electron chi connectivity index (χ3n) is 7.10. The Balaban J connectivity index is 1.60. The van der Waals surface area contributed by atoms with Gasteiger partial charge in [-0.15, -0.1) is 5.10 Å². The number of piperazine rings is 1. The molecule has 3 aromatic rings. The molecule has 0 unspecified atom stereocenters. The fourth-order valence-corrected chi connectivity index (χ4v) is 5.29. The molecule has 2 fully saturated rings. The summed E-state index contributed by atoms with van der Waals surface area (Å²) in [4.78, 5) is 21.3. The van der Waals surface area contributed by atoms with E-state index in [4.69, 9.17) is 4.74 Å². The van der Waals surface area contributed by atoms with Gasteiger partial charge in [0.2, 0.25) is 0 Å². The van der Waals surface area contributed by atoms with Gasteiger partial charge in [-0.1, -0.05) is 19.8 Å². The number of hydrogen-bond donors (Lipinski definition) is 1. The van der Waals surface area contributed by atoms with Crippen molar-refractivity contribution in [3.8, 4) is 5.75 Å². The van der Waals surface area contributed by atoms with Crippen molar-refractivity contribution in [3.63, 3.8) is 0 Å². The Hall–Kier alpha value is -2.78. The van der Waals surface area contributed by atoms with Crippen molar-refractivity contribution >= 4 is 10.9 Å². The molecule has 1 saturated carbocycles. The molecule has 0 bridgehead atoms. The van der Waals surface area contributed by atoms with Crippen LogP contribution in [0.5, 0.6) is 5.75 Å². The molecule has 33 heavy (non-hydrogen) atoms. The number of aromatic nitrogens is 5. The molecule has 1 N–H and O–H groups in total. The molecule has 1 saturated heterocycles. The highest BCUT2D eigenvalue weighted by atomic mass is 16.5. The molecule has 9 heteroatoms. The van der Waals surface area contributed by atoms with E-state index >= 15 is 0 Å². The van der Waals surface area contributed by atoms with Crippen LogP contribution in [-0.4, -0.2) is 74.3 Å². The van der Waals surface area contributed by atoms with E-state index in [9.17, 15) is 4.79 Å². The highest BCUT2D eigenvalue weighted by Crippen LogP contribution is 2.34. The molecule has 0 spiro atoms. The summed E-state index contributed by atoms with van der Waals surface area (Å²) in [6, 6.07) is 7.81. The lowest BCUT2D eigenvalue weighted by Crippen LogP contribution is -2.49. The Morgan fingerprint density at radius 1 is 1.12 bits per heavy atom. The fourth-order valence-electron chi connectivity index (χ4n) is 5.29. The van der Waals surface area contributed by atoms with E-state index in [0.29, 0.717) is 18.2 Å². The largest absolute Gasteiger partial charge is 0.494 e. The number of H-pyrrole nitrogens is 1. The molecular formula is C24H33N7O2. The maximum absolute atomic E-state index is 13.4. The van der Waals surface area contributed by atoms with Gasteiger partial charge in [0.05, 0.1) is 12.6 Å². The number of nitrogens with one attached hydrogen (secondary N) is 1. The summed E-state index contributed by atoms with van der Waals surface area (Å²) in [5.41, 5.74) is 1.41. The normalized spacial score (nSPS) is 19.3. The maximum Gasteiger partial charge on any atom is 0.253 e. The first-order valence-electron chi connectivity index (χ1n) is 12.2. The van der Waals surface area contributed by atoms with Crippen molar-refractivity contribution in [1.82, 2.24) is 35.0 Å². The third kappa shape index (κ3) is 4.39. The van der Waals surface area contributed by atoms with Crippen LogP contribution in [0.2, 0.25) is 0 Å². The second-order valence-electron chi connectivity index (χ2n) is 9.03. The van der Waals surface area contributed by atoms with Gasteiger partial charge in [0.25, 0.3) is 5.56 Å². The third-order valence-corrected chi connectivity index (χ3v) is 7.10. The first-order valence-corrected chi connectivity index (χ1v) is 12.2. The molecule has 9 nitrogen and oxygen atoms in total. The van der Waals surface area contributed by atoms with Gasteiger partial charge < -0.3 is 14.6 Å². The Labute approximate surface area is 193 Å². The van der Waals surface area contributed by atoms with Crippen molar-refractivity contribution in [1.29, 1.82) is 0 Å². The smallest absolute Gasteiger partial charge is 0.253 e. The molecule has 0 radical (unpaired) electrons. The molecule has 0 amide bonds. The maximum atomic E-state index is 13.4. The van der Waals surface area contributed by atoms with E-state index in [1.165, 1.54) is 12.8 Å². The number of rotatable bonds is 7. The minimum Gasteiger partial charge on any atom is -0.494 e. The van der Waals surface area contributed by atoms with Gasteiger partial charge in [0.15, 0.2) is 5.82 Å². The Kier molecular flexibility index (Phi) is 6.41. The standard InChI is InChI=1S/C24H33N7O2/c1-3-29-11-13-30(14-12-29)22(23-26-27-28-31(23)18-7-5-6-8-18)20-16-17-15-19(33-4-2)9-10-21(17)25-24(20)32/h9-10,15-16,18,22H,3-8,11-14H2,1-2H3,(H,25,32)/t22-/m0/s1. The van der Waals surface area contributed by atoms with E-state index in [-0.39, 0.29) is 11.6 Å². The van der Waals surface area contributed by atoms with E-state index in [0.717, 1.165) is 68.0 Å². The molecule has 1 aromatic carbocycles. The lowest BCUT2D eigenvalue weighted by atomic mass is 10.0. The molecule has 3 heterocycles. The average molecular weight is 452 g/mol. The van der Waals surface area contributed by atoms with Gasteiger partial charge in [-0.25, -0.2) is 4.68 Å². The quantitative estimate of drug-likeness (QED) is 0.590. The monoisotopic (exact) mass is 451 g/mol. The molecule has 1 atom stereocenters. The van der Waals surface area contributed by atoms with Crippen LogP contribution in [0.25, 0.3) is 10.9 Å². The summed E-state index contributed by atoms with van der Waals surface area (Å²) in [7, 11) is 0. The van der Waals surface area contributed by atoms with Gasteiger partial charge >= 0.3 is 0 Å². The first-order chi connectivity index (χ1) is 16.2. The summed E-state index contributed by atoms with van der Waals surface area (Å²) in [6.45, 7) is 9.47. The SMILES string of the molecule is CCOc1ccc2[nH]c(=O)c([C@@H](c3nnnn3C3CCCC3)N3CCN(CC)CC3)cc2c1. The number of aromatic amines is 1. The Morgan fingerprint density at radius 3 is 2.64 bits per heavy atom. The molecule has 176 valence electrons. The van der Waals surface area contributed by atoms with E-state index < -0.39 is 0 Å². The second kappa shape index (κ2) is 9.61. The van der Waals surface area contributed by atoms with E-state index in [2.05, 4.69) is 37.2 Å². The second-order valence-corrected chi connectivity index (χ2v) is 9.03. The lowest BCUT2D eigenvalue weighted by Gasteiger charge is -2.38. The van der Waals surface area contributed by atoms with Crippen molar-refractivity contribution in [2.45, 2.75) is 51.6 Å². The van der Waals surface area contributed by atoms with Crippen LogP contribution in [0, 0.1) is 0 Å². The number of tetrazole rings is 1. The van der Waals surface area contributed by atoms with Gasteiger partial charge in [-0.05, 0) is 61.0 Å². The number of pyridine rings is 1. The topological polar surface area (TPSA) is 92.2 Å². The van der Waals surface area contributed by atoms with Crippen LogP contribution in [0.4, 0.5) is 0 Å². The van der Waals surface area contributed by atoms with Crippen LogP contribution in [0.1, 0.15) is 63.0 Å². The number of ether oxygens (including phenoxy) is 1. The average Bonchev–Trinajstić information content (AvgIpc) is 3.53. The van der Waals surface area contributed by atoms with Crippen LogP contribution in [0.3, 0.4) is 0 Å². The highest BCUT2D eigenvalue weighted by molar-refractivity contribution is 5.80. The summed E-state index contributed by atoms with van der Waals surface area (Å²) < 4.78 is 7.69. The minimum atomic E-state index is -0.288. The molecule has 1 aliphatic heterocycles. The predicted octanol–water partition coefficient (Wildman–Crippen LogP) is 2.76. The molecular weight excluding hydrogens is 418 g/mol. The predicted molar refractivity (Wildman–Crippen MR) is 127 cm³/mol. The fraction of sp³-hybridized carbons (Fsp3) is 0.583.